The molecule has 2 aromatic carbocycles. The first-order valence-corrected chi connectivity index (χ1v) is 8.71. The number of hydrogen-bond donors (Lipinski definition) is 1. The van der Waals surface area contributed by atoms with E-state index in [-0.39, 0.29) is 6.03 Å². The van der Waals surface area contributed by atoms with Crippen molar-refractivity contribution < 1.29 is 9.53 Å². The molecule has 2 amide bonds. The topological polar surface area (TPSA) is 44.8 Å². The monoisotopic (exact) mass is 339 g/mol. The van der Waals surface area contributed by atoms with Gasteiger partial charge in [-0.05, 0) is 36.2 Å². The van der Waals surface area contributed by atoms with Gasteiger partial charge in [0.05, 0.1) is 7.11 Å². The first kappa shape index (κ1) is 17.3. The highest BCUT2D eigenvalue weighted by Gasteiger charge is 2.20. The fraction of sp³-hybridized carbons (Fsp3) is 0.350. The molecule has 0 aromatic heterocycles. The third-order valence-corrected chi connectivity index (χ3v) is 4.56. The lowest BCUT2D eigenvalue weighted by molar-refractivity contribution is 0.148. The Hall–Kier alpha value is -2.53. The van der Waals surface area contributed by atoms with Crippen LogP contribution in [0.5, 0.6) is 5.75 Å². The maximum atomic E-state index is 12.4. The third kappa shape index (κ3) is 4.97. The van der Waals surface area contributed by atoms with Gasteiger partial charge >= 0.3 is 6.03 Å². The SMILES string of the molecule is COc1ccc(NC(=O)N2CCN(CCc3ccccc3)CC2)cc1. The zero-order chi connectivity index (χ0) is 17.5. The van der Waals surface area contributed by atoms with Crippen LogP contribution in [-0.2, 0) is 6.42 Å². The minimum Gasteiger partial charge on any atom is -0.497 e. The van der Waals surface area contributed by atoms with Gasteiger partial charge in [0.25, 0.3) is 0 Å². The summed E-state index contributed by atoms with van der Waals surface area (Å²) in [5, 5.41) is 2.95. The number of methoxy groups -OCH3 is 1. The molecule has 1 aliphatic rings. The summed E-state index contributed by atoms with van der Waals surface area (Å²) in [5.74, 6) is 0.782. The van der Waals surface area contributed by atoms with E-state index in [1.165, 1.54) is 5.56 Å². The standard InChI is InChI=1S/C20H25N3O2/c1-25-19-9-7-18(8-10-19)21-20(24)23-15-13-22(14-16-23)12-11-17-5-3-2-4-6-17/h2-10H,11-16H2,1H3,(H,21,24). The number of urea groups is 1. The van der Waals surface area contributed by atoms with Crippen LogP contribution in [0.2, 0.25) is 0 Å². The van der Waals surface area contributed by atoms with Crippen LogP contribution in [0.15, 0.2) is 54.6 Å². The van der Waals surface area contributed by atoms with Gasteiger partial charge in [0.15, 0.2) is 0 Å². The molecule has 1 fully saturated rings. The van der Waals surface area contributed by atoms with Gasteiger partial charge < -0.3 is 15.0 Å². The van der Waals surface area contributed by atoms with Gasteiger partial charge in [-0.15, -0.1) is 0 Å². The lowest BCUT2D eigenvalue weighted by atomic mass is 10.1. The van der Waals surface area contributed by atoms with Crippen molar-refractivity contribution in [1.82, 2.24) is 9.80 Å². The van der Waals surface area contributed by atoms with Crippen molar-refractivity contribution in [3.63, 3.8) is 0 Å². The van der Waals surface area contributed by atoms with Crippen LogP contribution in [-0.4, -0.2) is 55.7 Å². The van der Waals surface area contributed by atoms with Crippen LogP contribution >= 0.6 is 0 Å². The van der Waals surface area contributed by atoms with Crippen molar-refractivity contribution >= 4 is 11.7 Å². The number of piperazine rings is 1. The fourth-order valence-corrected chi connectivity index (χ4v) is 2.98. The number of carbonyl (C=O) groups excluding carboxylic acids is 1. The average Bonchev–Trinajstić information content (AvgIpc) is 2.68. The van der Waals surface area contributed by atoms with Crippen molar-refractivity contribution in [3.8, 4) is 5.75 Å². The van der Waals surface area contributed by atoms with E-state index in [0.717, 1.165) is 50.6 Å². The lowest BCUT2D eigenvalue weighted by Gasteiger charge is -2.34. The molecule has 0 bridgehead atoms. The van der Waals surface area contributed by atoms with Gasteiger partial charge in [0.1, 0.15) is 5.75 Å². The van der Waals surface area contributed by atoms with Gasteiger partial charge in [-0.25, -0.2) is 4.79 Å². The number of nitrogens with one attached hydrogen (secondary N) is 1. The highest BCUT2D eigenvalue weighted by Crippen LogP contribution is 2.16. The number of benzene rings is 2. The minimum atomic E-state index is -0.0344. The molecule has 0 unspecified atom stereocenters. The minimum absolute atomic E-state index is 0.0344. The Morgan fingerprint density at radius 3 is 2.32 bits per heavy atom. The molecule has 1 heterocycles. The van der Waals surface area contributed by atoms with E-state index in [4.69, 9.17) is 4.74 Å². The smallest absolute Gasteiger partial charge is 0.321 e. The number of anilines is 1. The van der Waals surface area contributed by atoms with E-state index in [1.807, 2.05) is 35.2 Å². The summed E-state index contributed by atoms with van der Waals surface area (Å²) in [6, 6.07) is 17.9. The Bertz CT molecular complexity index is 665. The quantitative estimate of drug-likeness (QED) is 0.910. The van der Waals surface area contributed by atoms with Crippen LogP contribution < -0.4 is 10.1 Å². The van der Waals surface area contributed by atoms with Crippen LogP contribution in [0.4, 0.5) is 10.5 Å². The third-order valence-electron chi connectivity index (χ3n) is 4.56. The van der Waals surface area contributed by atoms with E-state index in [2.05, 4.69) is 34.5 Å². The molecule has 1 aliphatic heterocycles. The van der Waals surface area contributed by atoms with Gasteiger partial charge in [-0.3, -0.25) is 4.90 Å². The Kier molecular flexibility index (Phi) is 5.90. The Labute approximate surface area is 149 Å². The van der Waals surface area contributed by atoms with Crippen molar-refractivity contribution in [3.05, 3.63) is 60.2 Å². The molecule has 25 heavy (non-hydrogen) atoms. The molecule has 1 saturated heterocycles. The molecule has 0 saturated carbocycles. The number of rotatable bonds is 5. The summed E-state index contributed by atoms with van der Waals surface area (Å²) in [6.45, 7) is 4.40. The Morgan fingerprint density at radius 2 is 1.68 bits per heavy atom. The molecule has 5 heteroatoms. The summed E-state index contributed by atoms with van der Waals surface area (Å²) < 4.78 is 5.13. The molecular weight excluding hydrogens is 314 g/mol. The summed E-state index contributed by atoms with van der Waals surface area (Å²) in [7, 11) is 1.63. The Morgan fingerprint density at radius 1 is 1.00 bits per heavy atom. The van der Waals surface area contributed by atoms with Gasteiger partial charge in [-0.1, -0.05) is 30.3 Å². The normalized spacial score (nSPS) is 15.0. The largest absolute Gasteiger partial charge is 0.497 e. The number of carbonyl (C=O) groups is 1. The van der Waals surface area contributed by atoms with Crippen LogP contribution in [0.25, 0.3) is 0 Å². The van der Waals surface area contributed by atoms with E-state index >= 15 is 0 Å². The predicted molar refractivity (Wildman–Crippen MR) is 100 cm³/mol. The molecule has 0 spiro atoms. The first-order valence-electron chi connectivity index (χ1n) is 8.71. The summed E-state index contributed by atoms with van der Waals surface area (Å²) >= 11 is 0. The molecular formula is C20H25N3O2. The number of hydrogen-bond acceptors (Lipinski definition) is 3. The molecule has 0 aliphatic carbocycles. The summed E-state index contributed by atoms with van der Waals surface area (Å²) in [6.07, 6.45) is 1.05. The van der Waals surface area contributed by atoms with Crippen molar-refractivity contribution in [2.75, 3.05) is 45.2 Å². The lowest BCUT2D eigenvalue weighted by Crippen LogP contribution is -2.50. The maximum Gasteiger partial charge on any atom is 0.321 e. The molecule has 0 radical (unpaired) electrons. The van der Waals surface area contributed by atoms with Gasteiger partial charge in [-0.2, -0.15) is 0 Å². The fourth-order valence-electron chi connectivity index (χ4n) is 2.98. The van der Waals surface area contributed by atoms with Crippen LogP contribution in [0.3, 0.4) is 0 Å². The highest BCUT2D eigenvalue weighted by molar-refractivity contribution is 5.89. The van der Waals surface area contributed by atoms with Crippen molar-refractivity contribution in [1.29, 1.82) is 0 Å². The van der Waals surface area contributed by atoms with Crippen molar-refractivity contribution in [2.45, 2.75) is 6.42 Å². The molecule has 5 nitrogen and oxygen atoms in total. The van der Waals surface area contributed by atoms with Gasteiger partial charge in [0, 0.05) is 38.4 Å². The predicted octanol–water partition coefficient (Wildman–Crippen LogP) is 3.09. The number of nitrogens with zero attached hydrogens (tertiary/aromatic N) is 2. The molecule has 3 rings (SSSR count). The zero-order valence-corrected chi connectivity index (χ0v) is 14.6. The number of ether oxygens (including phenoxy) is 1. The van der Waals surface area contributed by atoms with E-state index in [0.29, 0.717) is 0 Å². The van der Waals surface area contributed by atoms with E-state index in [9.17, 15) is 4.79 Å². The highest BCUT2D eigenvalue weighted by atomic mass is 16.5. The zero-order valence-electron chi connectivity index (χ0n) is 14.6. The van der Waals surface area contributed by atoms with E-state index < -0.39 is 0 Å². The summed E-state index contributed by atoms with van der Waals surface area (Å²) in [5.41, 5.74) is 2.15. The Balaban J connectivity index is 1.42. The van der Waals surface area contributed by atoms with Gasteiger partial charge in [0.2, 0.25) is 0 Å². The first-order chi connectivity index (χ1) is 12.2. The second kappa shape index (κ2) is 8.53. The van der Waals surface area contributed by atoms with Crippen LogP contribution in [0.1, 0.15) is 5.56 Å². The molecule has 2 aromatic rings. The van der Waals surface area contributed by atoms with Crippen LogP contribution in [0, 0.1) is 0 Å². The summed E-state index contributed by atoms with van der Waals surface area (Å²) in [4.78, 5) is 16.7. The molecule has 132 valence electrons. The number of amides is 2. The molecule has 0 atom stereocenters. The second-order valence-electron chi connectivity index (χ2n) is 6.22. The molecule has 1 N–H and O–H groups in total. The van der Waals surface area contributed by atoms with E-state index in [1.54, 1.807) is 7.11 Å². The second-order valence-corrected chi connectivity index (χ2v) is 6.22. The average molecular weight is 339 g/mol. The maximum absolute atomic E-state index is 12.4. The van der Waals surface area contributed by atoms with Crippen molar-refractivity contribution in [2.24, 2.45) is 0 Å².